The van der Waals surface area contributed by atoms with E-state index in [9.17, 15) is 0 Å². The molecule has 0 N–H and O–H groups in total. The number of hydrogen-bond acceptors (Lipinski definition) is 2. The van der Waals surface area contributed by atoms with E-state index < -0.39 is 0 Å². The van der Waals surface area contributed by atoms with Crippen LogP contribution in [0.25, 0.3) is 0 Å². The van der Waals surface area contributed by atoms with Crippen LogP contribution in [0.4, 0.5) is 0 Å². The topological polar surface area (TPSA) is 18.5 Å². The Morgan fingerprint density at radius 3 is 2.89 bits per heavy atom. The van der Waals surface area contributed by atoms with Gasteiger partial charge in [-0.25, -0.2) is 0 Å². The average molecular weight is 126 g/mol. The Balaban J connectivity index is 2.30. The van der Waals surface area contributed by atoms with Gasteiger partial charge in [0, 0.05) is 20.3 Å². The van der Waals surface area contributed by atoms with E-state index in [1.807, 2.05) is 0 Å². The van der Waals surface area contributed by atoms with E-state index in [2.05, 4.69) is 0 Å². The van der Waals surface area contributed by atoms with Gasteiger partial charge in [-0.2, -0.15) is 0 Å². The summed E-state index contributed by atoms with van der Waals surface area (Å²) in [6.45, 7) is 1.42. The van der Waals surface area contributed by atoms with Gasteiger partial charge in [-0.15, -0.1) is 0 Å². The minimum atomic E-state index is 0.0729. The van der Waals surface area contributed by atoms with Crippen molar-refractivity contribution in [3.8, 4) is 0 Å². The molecule has 50 valence electrons. The van der Waals surface area contributed by atoms with Crippen LogP contribution in [0, 0.1) is 0 Å². The lowest BCUT2D eigenvalue weighted by Gasteiger charge is -2.27. The lowest BCUT2D eigenvalue weighted by Crippen LogP contribution is -2.29. The smallest absolute Gasteiger partial charge is 0.0766 e. The van der Waals surface area contributed by atoms with Gasteiger partial charge in [0.15, 0.2) is 0 Å². The predicted octanol–water partition coefficient (Wildman–Crippen LogP) is 0.379. The van der Waals surface area contributed by atoms with Crippen molar-refractivity contribution in [3.05, 3.63) is 0 Å². The van der Waals surface area contributed by atoms with Gasteiger partial charge in [0.2, 0.25) is 0 Å². The van der Waals surface area contributed by atoms with Crippen molar-refractivity contribution in [2.45, 2.75) is 18.3 Å². The molecular formula is C6H11BO2. The van der Waals surface area contributed by atoms with Crippen LogP contribution in [0.1, 0.15) is 6.42 Å². The number of rotatable bonds is 1. The summed E-state index contributed by atoms with van der Waals surface area (Å²) in [7, 11) is 7.33. The van der Waals surface area contributed by atoms with E-state index in [-0.39, 0.29) is 11.9 Å². The van der Waals surface area contributed by atoms with Crippen molar-refractivity contribution >= 4 is 7.85 Å². The fourth-order valence-corrected chi connectivity index (χ4v) is 1.03. The molecule has 0 aromatic rings. The van der Waals surface area contributed by atoms with Crippen LogP contribution in [0.5, 0.6) is 0 Å². The van der Waals surface area contributed by atoms with Crippen molar-refractivity contribution in [1.82, 2.24) is 0 Å². The molecule has 0 amide bonds. The van der Waals surface area contributed by atoms with Gasteiger partial charge < -0.3 is 9.47 Å². The zero-order valence-corrected chi connectivity index (χ0v) is 5.67. The summed E-state index contributed by atoms with van der Waals surface area (Å²) >= 11 is 0. The van der Waals surface area contributed by atoms with Crippen LogP contribution in [0.15, 0.2) is 0 Å². The van der Waals surface area contributed by atoms with Crippen LogP contribution in [-0.4, -0.2) is 34.3 Å². The maximum absolute atomic E-state index is 5.64. The third-order valence-corrected chi connectivity index (χ3v) is 1.64. The van der Waals surface area contributed by atoms with Crippen LogP contribution < -0.4 is 0 Å². The summed E-state index contributed by atoms with van der Waals surface area (Å²) in [6.07, 6.45) is 1.14. The highest BCUT2D eigenvalue weighted by Gasteiger charge is 2.20. The van der Waals surface area contributed by atoms with E-state index in [4.69, 9.17) is 17.3 Å². The Morgan fingerprint density at radius 2 is 2.44 bits per heavy atom. The molecule has 0 aromatic carbocycles. The van der Waals surface area contributed by atoms with Gasteiger partial charge >= 0.3 is 0 Å². The lowest BCUT2D eigenvalue weighted by molar-refractivity contribution is -0.00887. The highest BCUT2D eigenvalue weighted by molar-refractivity contribution is 6.12. The zero-order valence-electron chi connectivity index (χ0n) is 5.67. The standard InChI is InChI=1S/C6H11BO2/c1-8-6-2-3-9-4-5(6)7/h5-6H,2-4H2,1H3. The highest BCUT2D eigenvalue weighted by Crippen LogP contribution is 2.18. The SMILES string of the molecule is [B]C1COCCC1OC. The molecule has 9 heavy (non-hydrogen) atoms. The van der Waals surface area contributed by atoms with E-state index in [1.165, 1.54) is 0 Å². The van der Waals surface area contributed by atoms with Gasteiger partial charge in [0.1, 0.15) is 0 Å². The Hall–Kier alpha value is -0.0151. The van der Waals surface area contributed by atoms with Crippen molar-refractivity contribution < 1.29 is 9.47 Å². The van der Waals surface area contributed by atoms with Crippen LogP contribution >= 0.6 is 0 Å². The zero-order chi connectivity index (χ0) is 6.69. The molecule has 1 heterocycles. The molecule has 2 unspecified atom stereocenters. The molecule has 0 saturated carbocycles. The van der Waals surface area contributed by atoms with Crippen molar-refractivity contribution in [3.63, 3.8) is 0 Å². The summed E-state index contributed by atoms with van der Waals surface area (Å²) in [6, 6.07) is 0. The normalized spacial score (nSPS) is 36.6. The van der Waals surface area contributed by atoms with Crippen molar-refractivity contribution in [2.24, 2.45) is 0 Å². The maximum atomic E-state index is 5.64. The summed E-state index contributed by atoms with van der Waals surface area (Å²) in [5.41, 5.74) is 0. The predicted molar refractivity (Wildman–Crippen MR) is 35.7 cm³/mol. The van der Waals surface area contributed by atoms with Gasteiger partial charge in [-0.05, 0) is 12.2 Å². The van der Waals surface area contributed by atoms with Gasteiger partial charge in [-0.3, -0.25) is 0 Å². The molecule has 0 aliphatic carbocycles. The van der Waals surface area contributed by atoms with Crippen LogP contribution in [-0.2, 0) is 9.47 Å². The van der Waals surface area contributed by atoms with E-state index in [0.717, 1.165) is 13.0 Å². The fraction of sp³-hybridized carbons (Fsp3) is 1.00. The second-order valence-electron chi connectivity index (χ2n) is 2.30. The Labute approximate surface area is 56.9 Å². The van der Waals surface area contributed by atoms with Crippen molar-refractivity contribution in [1.29, 1.82) is 0 Å². The Morgan fingerprint density at radius 1 is 1.67 bits per heavy atom. The maximum Gasteiger partial charge on any atom is 0.0766 e. The molecule has 1 rings (SSSR count). The second-order valence-corrected chi connectivity index (χ2v) is 2.30. The first-order valence-electron chi connectivity index (χ1n) is 3.20. The van der Waals surface area contributed by atoms with E-state index in [0.29, 0.717) is 6.61 Å². The number of ether oxygens (including phenoxy) is 2. The number of methoxy groups -OCH3 is 1. The lowest BCUT2D eigenvalue weighted by atomic mass is 9.81. The first kappa shape index (κ1) is 7.10. The summed E-state index contributed by atoms with van der Waals surface area (Å²) in [5, 5.41) is 0. The molecule has 0 aromatic heterocycles. The Kier molecular flexibility index (Phi) is 2.55. The quantitative estimate of drug-likeness (QED) is 0.473. The molecular weight excluding hydrogens is 115 g/mol. The average Bonchev–Trinajstić information content (AvgIpc) is 1.89. The molecule has 1 aliphatic rings. The summed E-state index contributed by atoms with van der Waals surface area (Å²) in [5.74, 6) is 0.0729. The summed E-state index contributed by atoms with van der Waals surface area (Å²) in [4.78, 5) is 0. The fourth-order valence-electron chi connectivity index (χ4n) is 1.03. The molecule has 1 saturated heterocycles. The van der Waals surface area contributed by atoms with Crippen LogP contribution in [0.2, 0.25) is 5.82 Å². The second kappa shape index (κ2) is 3.23. The molecule has 0 bridgehead atoms. The van der Waals surface area contributed by atoms with Crippen LogP contribution in [0.3, 0.4) is 0 Å². The van der Waals surface area contributed by atoms with Gasteiger partial charge in [0.25, 0.3) is 0 Å². The minimum Gasteiger partial charge on any atom is -0.382 e. The van der Waals surface area contributed by atoms with E-state index >= 15 is 0 Å². The number of hydrogen-bond donors (Lipinski definition) is 0. The highest BCUT2D eigenvalue weighted by atomic mass is 16.5. The molecule has 3 heteroatoms. The summed E-state index contributed by atoms with van der Waals surface area (Å²) < 4.78 is 10.2. The molecule has 0 spiro atoms. The molecule has 2 radical (unpaired) electrons. The molecule has 1 fully saturated rings. The van der Waals surface area contributed by atoms with Gasteiger partial charge in [0.05, 0.1) is 14.0 Å². The van der Waals surface area contributed by atoms with E-state index in [1.54, 1.807) is 7.11 Å². The van der Waals surface area contributed by atoms with Gasteiger partial charge in [-0.1, -0.05) is 0 Å². The largest absolute Gasteiger partial charge is 0.382 e. The third kappa shape index (κ3) is 1.70. The first-order chi connectivity index (χ1) is 4.34. The minimum absolute atomic E-state index is 0.0729. The Bertz CT molecular complexity index is 87.1. The molecule has 1 aliphatic heterocycles. The monoisotopic (exact) mass is 126 g/mol. The molecule has 2 atom stereocenters. The first-order valence-corrected chi connectivity index (χ1v) is 3.20. The molecule has 2 nitrogen and oxygen atoms in total. The third-order valence-electron chi connectivity index (χ3n) is 1.64. The van der Waals surface area contributed by atoms with Crippen molar-refractivity contribution in [2.75, 3.05) is 20.3 Å².